The highest BCUT2D eigenvalue weighted by atomic mass is 19.4. The largest absolute Gasteiger partial charge is 0.489 e. The molecule has 2 aromatic rings. The van der Waals surface area contributed by atoms with Crippen molar-refractivity contribution in [3.05, 3.63) is 65.2 Å². The standard InChI is InChI=1S/C21H23F3O4/c1-3-26-19(13-20(25)27-4-2)16-7-11-18(12-8-16)28-14-15-5-9-17(10-6-15)21(22,23)24/h5-12,19H,3-4,13-14H2,1-2H3. The SMILES string of the molecule is CCOC(=O)CC(OCC)c1ccc(OCc2ccc(C(F)(F)F)cc2)cc1. The minimum atomic E-state index is -4.35. The number of carbonyl (C=O) groups excluding carboxylic acids is 1. The summed E-state index contributed by atoms with van der Waals surface area (Å²) in [4.78, 5) is 11.7. The smallest absolute Gasteiger partial charge is 0.416 e. The highest BCUT2D eigenvalue weighted by Crippen LogP contribution is 2.29. The fourth-order valence-corrected chi connectivity index (χ4v) is 2.58. The van der Waals surface area contributed by atoms with Gasteiger partial charge >= 0.3 is 12.1 Å². The molecule has 152 valence electrons. The molecule has 2 aromatic carbocycles. The fraction of sp³-hybridized carbons (Fsp3) is 0.381. The molecule has 1 unspecified atom stereocenters. The molecule has 0 aromatic heterocycles. The number of hydrogen-bond acceptors (Lipinski definition) is 4. The molecule has 0 spiro atoms. The molecule has 28 heavy (non-hydrogen) atoms. The maximum absolute atomic E-state index is 12.6. The van der Waals surface area contributed by atoms with Gasteiger partial charge in [-0.2, -0.15) is 13.2 Å². The zero-order valence-corrected chi connectivity index (χ0v) is 15.8. The quantitative estimate of drug-likeness (QED) is 0.539. The summed E-state index contributed by atoms with van der Waals surface area (Å²) in [6.45, 7) is 4.51. The summed E-state index contributed by atoms with van der Waals surface area (Å²) >= 11 is 0. The van der Waals surface area contributed by atoms with Crippen LogP contribution in [-0.2, 0) is 27.1 Å². The molecule has 0 aliphatic heterocycles. The lowest BCUT2D eigenvalue weighted by atomic mass is 10.1. The maximum Gasteiger partial charge on any atom is 0.416 e. The third-order valence-corrected chi connectivity index (χ3v) is 3.96. The molecule has 0 heterocycles. The summed E-state index contributed by atoms with van der Waals surface area (Å²) in [5.74, 6) is 0.235. The molecule has 0 saturated carbocycles. The molecule has 1 atom stereocenters. The van der Waals surface area contributed by atoms with Crippen LogP contribution in [0, 0.1) is 0 Å². The van der Waals surface area contributed by atoms with E-state index >= 15 is 0 Å². The Kier molecular flexibility index (Phi) is 7.87. The van der Waals surface area contributed by atoms with Gasteiger partial charge in [0.15, 0.2) is 0 Å². The van der Waals surface area contributed by atoms with Crippen molar-refractivity contribution in [2.24, 2.45) is 0 Å². The van der Waals surface area contributed by atoms with Gasteiger partial charge in [-0.1, -0.05) is 24.3 Å². The average Bonchev–Trinajstić information content (AvgIpc) is 2.66. The Labute approximate surface area is 162 Å². The molecule has 2 rings (SSSR count). The molecule has 0 saturated heterocycles. The number of hydrogen-bond donors (Lipinski definition) is 0. The molecule has 0 N–H and O–H groups in total. The minimum absolute atomic E-state index is 0.118. The van der Waals surface area contributed by atoms with Gasteiger partial charge in [0.1, 0.15) is 12.4 Å². The minimum Gasteiger partial charge on any atom is -0.489 e. The van der Waals surface area contributed by atoms with Crippen molar-refractivity contribution in [3.63, 3.8) is 0 Å². The van der Waals surface area contributed by atoms with Crippen molar-refractivity contribution in [1.29, 1.82) is 0 Å². The number of halogens is 3. The van der Waals surface area contributed by atoms with Crippen molar-refractivity contribution >= 4 is 5.97 Å². The fourth-order valence-electron chi connectivity index (χ4n) is 2.58. The summed E-state index contributed by atoms with van der Waals surface area (Å²) in [7, 11) is 0. The second kappa shape index (κ2) is 10.1. The summed E-state index contributed by atoms with van der Waals surface area (Å²) in [6.07, 6.45) is -4.64. The molecule has 0 fully saturated rings. The molecule has 4 nitrogen and oxygen atoms in total. The molecular weight excluding hydrogens is 373 g/mol. The van der Waals surface area contributed by atoms with Crippen molar-refractivity contribution in [2.75, 3.05) is 13.2 Å². The van der Waals surface area contributed by atoms with Crippen LogP contribution in [0.2, 0.25) is 0 Å². The topological polar surface area (TPSA) is 44.8 Å². The number of esters is 1. The van der Waals surface area contributed by atoms with Gasteiger partial charge in [-0.05, 0) is 49.2 Å². The lowest BCUT2D eigenvalue weighted by Gasteiger charge is -2.17. The summed E-state index contributed by atoms with van der Waals surface area (Å²) < 4.78 is 53.9. The number of benzene rings is 2. The first-order valence-corrected chi connectivity index (χ1v) is 8.99. The highest BCUT2D eigenvalue weighted by Gasteiger charge is 2.29. The summed E-state index contributed by atoms with van der Waals surface area (Å²) in [6, 6.07) is 11.9. The Morgan fingerprint density at radius 1 is 0.964 bits per heavy atom. The zero-order valence-electron chi connectivity index (χ0n) is 15.8. The number of ether oxygens (including phenoxy) is 3. The van der Waals surface area contributed by atoms with E-state index in [-0.39, 0.29) is 19.0 Å². The van der Waals surface area contributed by atoms with Crippen molar-refractivity contribution in [1.82, 2.24) is 0 Å². The van der Waals surface area contributed by atoms with Gasteiger partial charge in [-0.15, -0.1) is 0 Å². The second-order valence-electron chi connectivity index (χ2n) is 6.01. The van der Waals surface area contributed by atoms with Crippen LogP contribution in [0.3, 0.4) is 0 Å². The Balaban J connectivity index is 1.96. The van der Waals surface area contributed by atoms with Gasteiger partial charge < -0.3 is 14.2 Å². The van der Waals surface area contributed by atoms with Gasteiger partial charge in [0, 0.05) is 6.61 Å². The van der Waals surface area contributed by atoms with E-state index in [2.05, 4.69) is 0 Å². The Morgan fingerprint density at radius 2 is 1.61 bits per heavy atom. The van der Waals surface area contributed by atoms with Crippen LogP contribution >= 0.6 is 0 Å². The molecule has 0 bridgehead atoms. The van der Waals surface area contributed by atoms with Gasteiger partial charge in [0.25, 0.3) is 0 Å². The monoisotopic (exact) mass is 396 g/mol. The number of rotatable bonds is 9. The van der Waals surface area contributed by atoms with Gasteiger partial charge in [-0.25, -0.2) is 0 Å². The number of carbonyl (C=O) groups is 1. The van der Waals surface area contributed by atoms with E-state index < -0.39 is 17.8 Å². The number of alkyl halides is 3. The predicted octanol–water partition coefficient (Wildman–Crippen LogP) is 5.32. The third kappa shape index (κ3) is 6.56. The van der Waals surface area contributed by atoms with Crippen LogP contribution in [-0.4, -0.2) is 19.2 Å². The maximum atomic E-state index is 12.6. The highest BCUT2D eigenvalue weighted by molar-refractivity contribution is 5.70. The van der Waals surface area contributed by atoms with Crippen LogP contribution < -0.4 is 4.74 Å². The van der Waals surface area contributed by atoms with Crippen molar-refractivity contribution in [2.45, 2.75) is 39.2 Å². The third-order valence-electron chi connectivity index (χ3n) is 3.96. The van der Waals surface area contributed by atoms with Gasteiger partial charge in [-0.3, -0.25) is 4.79 Å². The van der Waals surface area contributed by atoms with Crippen LogP contribution in [0.1, 0.15) is 43.1 Å². The molecule has 7 heteroatoms. The molecule has 0 aliphatic carbocycles. The van der Waals surface area contributed by atoms with E-state index in [1.165, 1.54) is 12.1 Å². The first-order valence-electron chi connectivity index (χ1n) is 8.99. The molecule has 0 amide bonds. The van der Waals surface area contributed by atoms with E-state index in [1.54, 1.807) is 31.2 Å². The predicted molar refractivity (Wildman–Crippen MR) is 97.8 cm³/mol. The molecule has 0 radical (unpaired) electrons. The van der Waals surface area contributed by atoms with E-state index in [9.17, 15) is 18.0 Å². The van der Waals surface area contributed by atoms with Gasteiger partial charge in [0.2, 0.25) is 0 Å². The summed E-state index contributed by atoms with van der Waals surface area (Å²) in [5.41, 5.74) is 0.757. The van der Waals surface area contributed by atoms with Crippen LogP contribution in [0.25, 0.3) is 0 Å². The Morgan fingerprint density at radius 3 is 2.14 bits per heavy atom. The Hall–Kier alpha value is -2.54. The lowest BCUT2D eigenvalue weighted by Crippen LogP contribution is -2.13. The second-order valence-corrected chi connectivity index (χ2v) is 6.01. The normalized spacial score (nSPS) is 12.5. The zero-order chi connectivity index (χ0) is 20.6. The van der Waals surface area contributed by atoms with Crippen molar-refractivity contribution < 1.29 is 32.2 Å². The van der Waals surface area contributed by atoms with E-state index in [0.717, 1.165) is 17.7 Å². The molecule has 0 aliphatic rings. The van der Waals surface area contributed by atoms with E-state index in [0.29, 0.717) is 24.5 Å². The summed E-state index contributed by atoms with van der Waals surface area (Å²) in [5, 5.41) is 0. The van der Waals surface area contributed by atoms with Crippen molar-refractivity contribution in [3.8, 4) is 5.75 Å². The van der Waals surface area contributed by atoms with Gasteiger partial charge in [0.05, 0.1) is 24.7 Å². The first-order chi connectivity index (χ1) is 13.3. The lowest BCUT2D eigenvalue weighted by molar-refractivity contribution is -0.146. The van der Waals surface area contributed by atoms with Crippen LogP contribution in [0.5, 0.6) is 5.75 Å². The van der Waals surface area contributed by atoms with E-state index in [1.807, 2.05) is 6.92 Å². The first kappa shape index (κ1) is 21.8. The van der Waals surface area contributed by atoms with Crippen LogP contribution in [0.4, 0.5) is 13.2 Å². The van der Waals surface area contributed by atoms with Crippen LogP contribution in [0.15, 0.2) is 48.5 Å². The Bertz CT molecular complexity index is 740. The molecular formula is C21H23F3O4. The van der Waals surface area contributed by atoms with E-state index in [4.69, 9.17) is 14.2 Å². The average molecular weight is 396 g/mol.